The summed E-state index contributed by atoms with van der Waals surface area (Å²) in [6.07, 6.45) is 1.97. The third kappa shape index (κ3) is 3.52. The Balaban J connectivity index is 1.69. The summed E-state index contributed by atoms with van der Waals surface area (Å²) in [5, 5.41) is 2.97. The Morgan fingerprint density at radius 3 is 2.69 bits per heavy atom. The van der Waals surface area contributed by atoms with Gasteiger partial charge in [-0.2, -0.15) is 0 Å². The van der Waals surface area contributed by atoms with Gasteiger partial charge < -0.3 is 20.5 Å². The Kier molecular flexibility index (Phi) is 5.36. The van der Waals surface area contributed by atoms with Crippen LogP contribution in [0.4, 0.5) is 5.82 Å². The number of hydrogen-bond donors (Lipinski definition) is 2. The molecule has 8 heteroatoms. The first kappa shape index (κ1) is 20.3. The van der Waals surface area contributed by atoms with Crippen molar-refractivity contribution >= 4 is 33.9 Å². The van der Waals surface area contributed by atoms with Gasteiger partial charge in [0.05, 0.1) is 29.4 Å². The molecule has 0 saturated carbocycles. The normalized spacial score (nSPS) is 16.0. The summed E-state index contributed by atoms with van der Waals surface area (Å²) >= 11 is 0. The number of fused-ring (bicyclic) bond motifs is 2. The number of aromatic nitrogens is 3. The molecule has 3 heterocycles. The first-order valence-corrected chi connectivity index (χ1v) is 10.9. The number of hydrogen-bond acceptors (Lipinski definition) is 6. The maximum Gasteiger partial charge on any atom is 0.257 e. The average molecular weight is 431 g/mol. The van der Waals surface area contributed by atoms with E-state index in [1.54, 1.807) is 4.57 Å². The van der Waals surface area contributed by atoms with Gasteiger partial charge in [0.2, 0.25) is 0 Å². The van der Waals surface area contributed by atoms with Crippen molar-refractivity contribution < 1.29 is 14.3 Å². The van der Waals surface area contributed by atoms with Crippen molar-refractivity contribution in [2.75, 3.05) is 25.5 Å². The summed E-state index contributed by atoms with van der Waals surface area (Å²) in [6.45, 7) is 3.58. The number of rotatable bonds is 6. The third-order valence-electron chi connectivity index (χ3n) is 5.65. The minimum atomic E-state index is -0.291. The van der Waals surface area contributed by atoms with Crippen LogP contribution in [0.15, 0.2) is 48.5 Å². The van der Waals surface area contributed by atoms with E-state index in [0.717, 1.165) is 25.0 Å². The van der Waals surface area contributed by atoms with Gasteiger partial charge in [0.15, 0.2) is 5.65 Å². The van der Waals surface area contributed by atoms with Crippen molar-refractivity contribution in [3.05, 3.63) is 54.1 Å². The van der Waals surface area contributed by atoms with Crippen molar-refractivity contribution in [3.8, 4) is 11.4 Å². The zero-order valence-corrected chi connectivity index (χ0v) is 17.9. The van der Waals surface area contributed by atoms with E-state index in [0.29, 0.717) is 46.8 Å². The van der Waals surface area contributed by atoms with Gasteiger partial charge in [0, 0.05) is 13.2 Å². The van der Waals surface area contributed by atoms with E-state index < -0.39 is 0 Å². The molecule has 1 fully saturated rings. The number of carbonyl (C=O) groups is 1. The molecule has 0 aliphatic carbocycles. The number of nitrogens with one attached hydrogen (secondary N) is 1. The molecule has 32 heavy (non-hydrogen) atoms. The summed E-state index contributed by atoms with van der Waals surface area (Å²) in [7, 11) is 0. The van der Waals surface area contributed by atoms with Gasteiger partial charge in [-0.25, -0.2) is 9.97 Å². The average Bonchev–Trinajstić information content (AvgIpc) is 3.42. The Morgan fingerprint density at radius 2 is 1.94 bits per heavy atom. The fraction of sp³-hybridized carbons (Fsp3) is 0.292. The summed E-state index contributed by atoms with van der Waals surface area (Å²) in [5.41, 5.74) is 10.00. The second-order valence-electron chi connectivity index (χ2n) is 7.73. The molecule has 1 amide bonds. The van der Waals surface area contributed by atoms with Gasteiger partial charge in [0.1, 0.15) is 22.6 Å². The molecule has 2 aromatic heterocycles. The molecule has 4 aromatic rings. The number of nitrogen functional groups attached to an aromatic ring is 1. The smallest absolute Gasteiger partial charge is 0.257 e. The first-order chi connectivity index (χ1) is 15.7. The second-order valence-corrected chi connectivity index (χ2v) is 7.73. The first-order valence-electron chi connectivity index (χ1n) is 10.9. The molecular formula is C24H25N5O3. The third-order valence-corrected chi connectivity index (χ3v) is 5.65. The highest BCUT2D eigenvalue weighted by molar-refractivity contribution is 6.11. The highest BCUT2D eigenvalue weighted by Gasteiger charge is 2.27. The van der Waals surface area contributed by atoms with Gasteiger partial charge in [-0.3, -0.25) is 9.36 Å². The molecule has 0 radical (unpaired) electrons. The standard InChI is InChI=1S/C24H25N5O3/c1-2-31-19-12-6-5-11-18(19)29-22(25)20(24(30)26-14-15-8-7-13-32-15)21-23(29)28-17-10-4-3-9-16(17)27-21/h3-6,9-12,15H,2,7-8,13-14,25H2,1H3,(H,26,30). The van der Waals surface area contributed by atoms with Crippen molar-refractivity contribution in [1.29, 1.82) is 0 Å². The summed E-state index contributed by atoms with van der Waals surface area (Å²) < 4.78 is 13.2. The Hall–Kier alpha value is -3.65. The molecule has 164 valence electrons. The summed E-state index contributed by atoms with van der Waals surface area (Å²) in [4.78, 5) is 22.9. The van der Waals surface area contributed by atoms with E-state index in [1.807, 2.05) is 55.5 Å². The molecule has 1 aliphatic heterocycles. The number of benzene rings is 2. The van der Waals surface area contributed by atoms with E-state index in [9.17, 15) is 4.79 Å². The number of nitrogens with two attached hydrogens (primary N) is 1. The van der Waals surface area contributed by atoms with E-state index in [2.05, 4.69) is 5.32 Å². The molecule has 0 bridgehead atoms. The second kappa shape index (κ2) is 8.47. The molecule has 3 N–H and O–H groups in total. The van der Waals surface area contributed by atoms with Crippen molar-refractivity contribution in [2.45, 2.75) is 25.9 Å². The van der Waals surface area contributed by atoms with Crippen LogP contribution in [-0.2, 0) is 4.74 Å². The maximum absolute atomic E-state index is 13.3. The van der Waals surface area contributed by atoms with Crippen LogP contribution in [0, 0.1) is 0 Å². The van der Waals surface area contributed by atoms with Crippen LogP contribution in [0.2, 0.25) is 0 Å². The van der Waals surface area contributed by atoms with E-state index in [4.69, 9.17) is 25.2 Å². The van der Waals surface area contributed by atoms with Gasteiger partial charge in [-0.1, -0.05) is 24.3 Å². The number of anilines is 1. The van der Waals surface area contributed by atoms with Crippen LogP contribution in [0.3, 0.4) is 0 Å². The fourth-order valence-corrected chi connectivity index (χ4v) is 4.15. The molecule has 0 spiro atoms. The minimum Gasteiger partial charge on any atom is -0.492 e. The van der Waals surface area contributed by atoms with Crippen LogP contribution in [0.1, 0.15) is 30.1 Å². The predicted octanol–water partition coefficient (Wildman–Crippen LogP) is 3.46. The van der Waals surface area contributed by atoms with Crippen molar-refractivity contribution in [1.82, 2.24) is 19.9 Å². The number of para-hydroxylation sites is 4. The lowest BCUT2D eigenvalue weighted by Gasteiger charge is -2.13. The lowest BCUT2D eigenvalue weighted by Crippen LogP contribution is -2.32. The Bertz CT molecular complexity index is 1290. The van der Waals surface area contributed by atoms with Crippen LogP contribution < -0.4 is 15.8 Å². The largest absolute Gasteiger partial charge is 0.492 e. The number of ether oxygens (including phenoxy) is 2. The van der Waals surface area contributed by atoms with Gasteiger partial charge in [-0.15, -0.1) is 0 Å². The molecule has 2 aromatic carbocycles. The van der Waals surface area contributed by atoms with E-state index >= 15 is 0 Å². The zero-order valence-electron chi connectivity index (χ0n) is 17.9. The monoisotopic (exact) mass is 431 g/mol. The minimum absolute atomic E-state index is 0.0270. The molecule has 8 nitrogen and oxygen atoms in total. The Morgan fingerprint density at radius 1 is 1.19 bits per heavy atom. The van der Waals surface area contributed by atoms with E-state index in [-0.39, 0.29) is 17.8 Å². The lowest BCUT2D eigenvalue weighted by molar-refractivity contribution is 0.0859. The van der Waals surface area contributed by atoms with Crippen LogP contribution in [0.5, 0.6) is 5.75 Å². The number of amides is 1. The molecule has 5 rings (SSSR count). The molecule has 1 unspecified atom stereocenters. The van der Waals surface area contributed by atoms with Gasteiger partial charge in [-0.05, 0) is 44.0 Å². The number of nitrogens with zero attached hydrogens (tertiary/aromatic N) is 3. The predicted molar refractivity (Wildman–Crippen MR) is 123 cm³/mol. The molecular weight excluding hydrogens is 406 g/mol. The number of carbonyl (C=O) groups excluding carboxylic acids is 1. The zero-order chi connectivity index (χ0) is 22.1. The van der Waals surface area contributed by atoms with Crippen molar-refractivity contribution in [3.63, 3.8) is 0 Å². The van der Waals surface area contributed by atoms with E-state index in [1.165, 1.54) is 0 Å². The van der Waals surface area contributed by atoms with Crippen LogP contribution in [-0.4, -0.2) is 46.3 Å². The lowest BCUT2D eigenvalue weighted by atomic mass is 10.2. The SMILES string of the molecule is CCOc1ccccc1-n1c(N)c(C(=O)NCC2CCCO2)c2nc3ccccc3nc21. The van der Waals surface area contributed by atoms with Gasteiger partial charge >= 0.3 is 0 Å². The quantitative estimate of drug-likeness (QED) is 0.484. The molecule has 1 saturated heterocycles. The van der Waals surface area contributed by atoms with Gasteiger partial charge in [0.25, 0.3) is 5.91 Å². The molecule has 1 atom stereocenters. The van der Waals surface area contributed by atoms with Crippen LogP contribution >= 0.6 is 0 Å². The summed E-state index contributed by atoms with van der Waals surface area (Å²) in [6, 6.07) is 15.1. The topological polar surface area (TPSA) is 104 Å². The highest BCUT2D eigenvalue weighted by Crippen LogP contribution is 2.34. The fourth-order valence-electron chi connectivity index (χ4n) is 4.15. The summed E-state index contributed by atoms with van der Waals surface area (Å²) in [5.74, 6) is 0.632. The van der Waals surface area contributed by atoms with Crippen molar-refractivity contribution in [2.24, 2.45) is 0 Å². The molecule has 1 aliphatic rings. The van der Waals surface area contributed by atoms with Crippen LogP contribution in [0.25, 0.3) is 27.9 Å². The highest BCUT2D eigenvalue weighted by atomic mass is 16.5. The maximum atomic E-state index is 13.3. The Labute approximate surface area is 185 Å².